The highest BCUT2D eigenvalue weighted by atomic mass is 32.2. The molecule has 0 bridgehead atoms. The van der Waals surface area contributed by atoms with Crippen LogP contribution in [0.15, 0.2) is 30.3 Å². The van der Waals surface area contributed by atoms with Crippen molar-refractivity contribution >= 4 is 17.7 Å². The van der Waals surface area contributed by atoms with E-state index in [1.54, 1.807) is 30.8 Å². The Morgan fingerprint density at radius 1 is 1.44 bits per heavy atom. The van der Waals surface area contributed by atoms with Gasteiger partial charge in [0.05, 0.1) is 5.60 Å². The molecule has 0 aromatic heterocycles. The van der Waals surface area contributed by atoms with Crippen LogP contribution in [-0.2, 0) is 0 Å². The Morgan fingerprint density at radius 3 is 2.62 bits per heavy atom. The van der Waals surface area contributed by atoms with Crippen LogP contribution in [0.2, 0.25) is 0 Å². The minimum absolute atomic E-state index is 0.151. The molecule has 0 fully saturated rings. The second-order valence-corrected chi connectivity index (χ2v) is 4.84. The highest BCUT2D eigenvalue weighted by molar-refractivity contribution is 7.98. The van der Waals surface area contributed by atoms with Gasteiger partial charge in [-0.25, -0.2) is 0 Å². The van der Waals surface area contributed by atoms with Gasteiger partial charge in [0.2, 0.25) is 0 Å². The molecule has 1 unspecified atom stereocenters. The summed E-state index contributed by atoms with van der Waals surface area (Å²) in [6.07, 6.45) is 1.92. The van der Waals surface area contributed by atoms with E-state index in [0.29, 0.717) is 11.3 Å². The first-order chi connectivity index (χ1) is 7.55. The second-order valence-electron chi connectivity index (χ2n) is 3.98. The van der Waals surface area contributed by atoms with Crippen LogP contribution >= 0.6 is 11.8 Å². The van der Waals surface area contributed by atoms with E-state index in [4.69, 9.17) is 0 Å². The zero-order chi connectivity index (χ0) is 12.0. The first kappa shape index (κ1) is 13.1. The number of nitrogens with one attached hydrogen (secondary N) is 1. The van der Waals surface area contributed by atoms with Crippen molar-refractivity contribution in [2.24, 2.45) is 0 Å². The van der Waals surface area contributed by atoms with Crippen molar-refractivity contribution in [2.75, 3.05) is 18.6 Å². The first-order valence-corrected chi connectivity index (χ1v) is 6.49. The maximum atomic E-state index is 11.7. The molecule has 0 radical (unpaired) electrons. The fourth-order valence-corrected chi connectivity index (χ4v) is 2.05. The van der Waals surface area contributed by atoms with Gasteiger partial charge in [-0.1, -0.05) is 18.2 Å². The molecule has 0 spiro atoms. The highest BCUT2D eigenvalue weighted by Crippen LogP contribution is 2.09. The normalized spacial score (nSPS) is 14.2. The fourth-order valence-electron chi connectivity index (χ4n) is 1.32. The molecule has 1 rings (SSSR count). The smallest absolute Gasteiger partial charge is 0.251 e. The SMILES string of the molecule is CSCC(C)(O)CNC(=O)c1ccccc1. The van der Waals surface area contributed by atoms with Crippen molar-refractivity contribution in [3.63, 3.8) is 0 Å². The van der Waals surface area contributed by atoms with Crippen LogP contribution in [0.5, 0.6) is 0 Å². The average Bonchev–Trinajstić information content (AvgIpc) is 2.27. The Morgan fingerprint density at radius 2 is 2.06 bits per heavy atom. The van der Waals surface area contributed by atoms with Crippen molar-refractivity contribution in [2.45, 2.75) is 12.5 Å². The fraction of sp³-hybridized carbons (Fsp3) is 0.417. The van der Waals surface area contributed by atoms with Crippen LogP contribution in [0.3, 0.4) is 0 Å². The van der Waals surface area contributed by atoms with Crippen molar-refractivity contribution < 1.29 is 9.90 Å². The largest absolute Gasteiger partial charge is 0.387 e. The summed E-state index contributed by atoms with van der Waals surface area (Å²) in [5.41, 5.74) is -0.244. The van der Waals surface area contributed by atoms with Crippen LogP contribution in [0.25, 0.3) is 0 Å². The predicted molar refractivity (Wildman–Crippen MR) is 67.8 cm³/mol. The Labute approximate surface area is 100 Å². The van der Waals surface area contributed by atoms with Crippen LogP contribution in [0, 0.1) is 0 Å². The lowest BCUT2D eigenvalue weighted by molar-refractivity contribution is 0.0725. The molecule has 0 heterocycles. The van der Waals surface area contributed by atoms with E-state index in [0.717, 1.165) is 0 Å². The zero-order valence-corrected chi connectivity index (χ0v) is 10.4. The molecule has 0 aliphatic carbocycles. The molecular formula is C12H17NO2S. The number of benzene rings is 1. The summed E-state index contributed by atoms with van der Waals surface area (Å²) in [5.74, 6) is 0.448. The molecule has 16 heavy (non-hydrogen) atoms. The molecule has 0 saturated heterocycles. The molecule has 88 valence electrons. The number of hydrogen-bond acceptors (Lipinski definition) is 3. The molecule has 2 N–H and O–H groups in total. The van der Waals surface area contributed by atoms with Gasteiger partial charge in [0.15, 0.2) is 0 Å². The third-order valence-electron chi connectivity index (χ3n) is 2.12. The van der Waals surface area contributed by atoms with Gasteiger partial charge in [-0.05, 0) is 25.3 Å². The number of carbonyl (C=O) groups excluding carboxylic acids is 1. The van der Waals surface area contributed by atoms with Crippen LogP contribution < -0.4 is 5.32 Å². The molecule has 1 amide bonds. The van der Waals surface area contributed by atoms with Gasteiger partial charge >= 0.3 is 0 Å². The Hall–Kier alpha value is -1.00. The third-order valence-corrected chi connectivity index (χ3v) is 3.03. The predicted octanol–water partition coefficient (Wildman–Crippen LogP) is 1.53. The third kappa shape index (κ3) is 4.24. The number of amides is 1. The number of aliphatic hydroxyl groups is 1. The van der Waals surface area contributed by atoms with Crippen LogP contribution in [0.1, 0.15) is 17.3 Å². The lowest BCUT2D eigenvalue weighted by Crippen LogP contribution is -2.42. The maximum Gasteiger partial charge on any atom is 0.251 e. The number of rotatable bonds is 5. The first-order valence-electron chi connectivity index (χ1n) is 5.10. The number of carbonyl (C=O) groups is 1. The minimum Gasteiger partial charge on any atom is -0.387 e. The zero-order valence-electron chi connectivity index (χ0n) is 9.56. The van der Waals surface area contributed by atoms with Crippen LogP contribution in [-0.4, -0.2) is 35.2 Å². The molecule has 1 aromatic carbocycles. The summed E-state index contributed by atoms with van der Waals surface area (Å²) in [6, 6.07) is 8.99. The van der Waals surface area contributed by atoms with Crippen molar-refractivity contribution in [3.05, 3.63) is 35.9 Å². The standard InChI is InChI=1S/C12H17NO2S/c1-12(15,9-16-2)8-13-11(14)10-6-4-3-5-7-10/h3-7,15H,8-9H2,1-2H3,(H,13,14). The lowest BCUT2D eigenvalue weighted by Gasteiger charge is -2.22. The Kier molecular flexibility index (Phi) is 4.83. The molecule has 1 aromatic rings. The molecule has 4 heteroatoms. The molecule has 0 aliphatic rings. The summed E-state index contributed by atoms with van der Waals surface area (Å²) in [4.78, 5) is 11.7. The van der Waals surface area contributed by atoms with Gasteiger partial charge in [0, 0.05) is 17.9 Å². The summed E-state index contributed by atoms with van der Waals surface area (Å²) in [6.45, 7) is 1.98. The van der Waals surface area contributed by atoms with Gasteiger partial charge in [-0.3, -0.25) is 4.79 Å². The second kappa shape index (κ2) is 5.92. The molecule has 0 saturated carbocycles. The topological polar surface area (TPSA) is 49.3 Å². The summed E-state index contributed by atoms with van der Waals surface area (Å²) in [5, 5.41) is 12.6. The van der Waals surface area contributed by atoms with E-state index in [9.17, 15) is 9.90 Å². The molecule has 1 atom stereocenters. The van der Waals surface area contributed by atoms with Gasteiger partial charge in [0.1, 0.15) is 0 Å². The Balaban J connectivity index is 2.48. The van der Waals surface area contributed by atoms with Crippen LogP contribution in [0.4, 0.5) is 0 Å². The van der Waals surface area contributed by atoms with E-state index in [1.807, 2.05) is 24.5 Å². The van der Waals surface area contributed by atoms with E-state index in [-0.39, 0.29) is 12.5 Å². The minimum atomic E-state index is -0.857. The van der Waals surface area contributed by atoms with Crippen molar-refractivity contribution in [1.29, 1.82) is 0 Å². The highest BCUT2D eigenvalue weighted by Gasteiger charge is 2.20. The summed E-state index contributed by atoms with van der Waals surface area (Å²) >= 11 is 1.55. The van der Waals surface area contributed by atoms with Gasteiger partial charge < -0.3 is 10.4 Å². The van der Waals surface area contributed by atoms with Gasteiger partial charge in [0.25, 0.3) is 5.91 Å². The summed E-state index contributed by atoms with van der Waals surface area (Å²) in [7, 11) is 0. The van der Waals surface area contributed by atoms with Crippen molar-refractivity contribution in [3.8, 4) is 0 Å². The van der Waals surface area contributed by atoms with Gasteiger partial charge in [-0.15, -0.1) is 0 Å². The van der Waals surface area contributed by atoms with E-state index >= 15 is 0 Å². The average molecular weight is 239 g/mol. The van der Waals surface area contributed by atoms with E-state index in [1.165, 1.54) is 0 Å². The maximum absolute atomic E-state index is 11.7. The van der Waals surface area contributed by atoms with E-state index < -0.39 is 5.60 Å². The molecule has 0 aliphatic heterocycles. The number of thioether (sulfide) groups is 1. The quantitative estimate of drug-likeness (QED) is 0.819. The van der Waals surface area contributed by atoms with Gasteiger partial charge in [-0.2, -0.15) is 11.8 Å². The lowest BCUT2D eigenvalue weighted by atomic mass is 10.1. The van der Waals surface area contributed by atoms with E-state index in [2.05, 4.69) is 5.32 Å². The number of hydrogen-bond donors (Lipinski definition) is 2. The molecule has 3 nitrogen and oxygen atoms in total. The molecular weight excluding hydrogens is 222 g/mol. The van der Waals surface area contributed by atoms with Crippen molar-refractivity contribution in [1.82, 2.24) is 5.32 Å². The monoisotopic (exact) mass is 239 g/mol. The Bertz CT molecular complexity index is 338. The summed E-state index contributed by atoms with van der Waals surface area (Å²) < 4.78 is 0.